The van der Waals surface area contributed by atoms with Crippen molar-refractivity contribution in [2.75, 3.05) is 0 Å². The molecule has 1 aromatic heterocycles. The summed E-state index contributed by atoms with van der Waals surface area (Å²) in [6.45, 7) is 0. The lowest BCUT2D eigenvalue weighted by Crippen LogP contribution is -1.99. The summed E-state index contributed by atoms with van der Waals surface area (Å²) in [4.78, 5) is 0. The molecule has 1 heterocycles. The van der Waals surface area contributed by atoms with Gasteiger partial charge in [0.2, 0.25) is 0 Å². The van der Waals surface area contributed by atoms with E-state index < -0.39 is 0 Å². The van der Waals surface area contributed by atoms with E-state index in [9.17, 15) is 4.39 Å². The van der Waals surface area contributed by atoms with Crippen LogP contribution in [0.1, 0.15) is 5.56 Å². The van der Waals surface area contributed by atoms with Gasteiger partial charge in [-0.25, -0.2) is 4.39 Å². The van der Waals surface area contributed by atoms with Gasteiger partial charge in [0.1, 0.15) is 5.82 Å². The van der Waals surface area contributed by atoms with Crippen LogP contribution >= 0.6 is 11.8 Å². The first kappa shape index (κ1) is 16.5. The van der Waals surface area contributed by atoms with Crippen LogP contribution in [0.15, 0.2) is 90.1 Å². The fraction of sp³-hybridized carbons (Fsp3) is 0.0476. The lowest BCUT2D eigenvalue weighted by atomic mass is 10.2. The number of hydrogen-bond acceptors (Lipinski definition) is 3. The maximum Gasteiger partial charge on any atom is 0.196 e. The number of rotatable bonds is 5. The van der Waals surface area contributed by atoms with E-state index in [1.54, 1.807) is 23.9 Å². The largest absolute Gasteiger partial charge is 0.270 e. The lowest BCUT2D eigenvalue weighted by molar-refractivity contribution is 0.627. The second kappa shape index (κ2) is 7.54. The van der Waals surface area contributed by atoms with E-state index in [-0.39, 0.29) is 5.82 Å². The van der Waals surface area contributed by atoms with Crippen molar-refractivity contribution in [3.63, 3.8) is 0 Å². The standard InChI is InChI=1S/C21H16FN3S/c22-18-13-11-16(12-14-18)15-26-21-24-23-20(17-7-3-1-4-8-17)25(21)19-9-5-2-6-10-19/h1-14H,15H2. The van der Waals surface area contributed by atoms with Gasteiger partial charge in [-0.3, -0.25) is 4.57 Å². The van der Waals surface area contributed by atoms with Gasteiger partial charge in [0, 0.05) is 17.0 Å². The van der Waals surface area contributed by atoms with Crippen LogP contribution in [0.5, 0.6) is 0 Å². The van der Waals surface area contributed by atoms with E-state index in [4.69, 9.17) is 0 Å². The Kier molecular flexibility index (Phi) is 4.80. The predicted molar refractivity (Wildman–Crippen MR) is 103 cm³/mol. The van der Waals surface area contributed by atoms with Crippen molar-refractivity contribution in [1.82, 2.24) is 14.8 Å². The highest BCUT2D eigenvalue weighted by Crippen LogP contribution is 2.29. The summed E-state index contributed by atoms with van der Waals surface area (Å²) in [6.07, 6.45) is 0. The fourth-order valence-electron chi connectivity index (χ4n) is 2.68. The van der Waals surface area contributed by atoms with Gasteiger partial charge < -0.3 is 0 Å². The Balaban J connectivity index is 1.70. The van der Waals surface area contributed by atoms with Crippen LogP contribution in [0.3, 0.4) is 0 Å². The van der Waals surface area contributed by atoms with Crippen molar-refractivity contribution in [3.8, 4) is 17.1 Å². The molecule has 0 unspecified atom stereocenters. The maximum absolute atomic E-state index is 13.1. The van der Waals surface area contributed by atoms with Crippen molar-refractivity contribution >= 4 is 11.8 Å². The molecule has 0 atom stereocenters. The zero-order valence-electron chi connectivity index (χ0n) is 13.9. The van der Waals surface area contributed by atoms with Crippen LogP contribution in [0.2, 0.25) is 0 Å². The molecule has 0 saturated carbocycles. The zero-order chi connectivity index (χ0) is 17.8. The highest BCUT2D eigenvalue weighted by molar-refractivity contribution is 7.98. The van der Waals surface area contributed by atoms with Crippen LogP contribution in [0.25, 0.3) is 17.1 Å². The van der Waals surface area contributed by atoms with Crippen molar-refractivity contribution in [2.24, 2.45) is 0 Å². The highest BCUT2D eigenvalue weighted by atomic mass is 32.2. The first-order valence-electron chi connectivity index (χ1n) is 8.25. The van der Waals surface area contributed by atoms with Gasteiger partial charge >= 0.3 is 0 Å². The Hall–Kier alpha value is -2.92. The molecule has 128 valence electrons. The molecule has 0 N–H and O–H groups in total. The van der Waals surface area contributed by atoms with Gasteiger partial charge in [-0.1, -0.05) is 72.4 Å². The van der Waals surface area contributed by atoms with E-state index in [2.05, 4.69) is 14.8 Å². The minimum absolute atomic E-state index is 0.224. The molecule has 0 bridgehead atoms. The highest BCUT2D eigenvalue weighted by Gasteiger charge is 2.15. The van der Waals surface area contributed by atoms with Crippen molar-refractivity contribution in [1.29, 1.82) is 0 Å². The number of hydrogen-bond donors (Lipinski definition) is 0. The summed E-state index contributed by atoms with van der Waals surface area (Å²) in [7, 11) is 0. The molecule has 0 saturated heterocycles. The number of para-hydroxylation sites is 1. The SMILES string of the molecule is Fc1ccc(CSc2nnc(-c3ccccc3)n2-c2ccccc2)cc1. The Morgan fingerprint density at radius 2 is 1.42 bits per heavy atom. The van der Waals surface area contributed by atoms with Crippen LogP contribution < -0.4 is 0 Å². The number of aromatic nitrogens is 3. The summed E-state index contributed by atoms with van der Waals surface area (Å²) in [5.41, 5.74) is 3.07. The molecule has 0 radical (unpaired) electrons. The maximum atomic E-state index is 13.1. The number of halogens is 1. The fourth-order valence-corrected chi connectivity index (χ4v) is 3.58. The van der Waals surface area contributed by atoms with E-state index in [0.29, 0.717) is 5.75 Å². The average molecular weight is 361 g/mol. The van der Waals surface area contributed by atoms with Crippen LogP contribution in [0.4, 0.5) is 4.39 Å². The molecule has 3 aromatic carbocycles. The van der Waals surface area contributed by atoms with Crippen molar-refractivity contribution in [3.05, 3.63) is 96.3 Å². The summed E-state index contributed by atoms with van der Waals surface area (Å²) < 4.78 is 15.2. The van der Waals surface area contributed by atoms with Crippen LogP contribution in [0, 0.1) is 5.82 Å². The first-order chi connectivity index (χ1) is 12.8. The number of nitrogens with zero attached hydrogens (tertiary/aromatic N) is 3. The summed E-state index contributed by atoms with van der Waals surface area (Å²) in [5, 5.41) is 9.63. The van der Waals surface area contributed by atoms with Crippen molar-refractivity contribution < 1.29 is 4.39 Å². The molecule has 0 aliphatic rings. The Labute approximate surface area is 155 Å². The molecule has 0 spiro atoms. The summed E-state index contributed by atoms with van der Waals surface area (Å²) >= 11 is 1.58. The molecule has 0 amide bonds. The molecule has 4 rings (SSSR count). The van der Waals surface area contributed by atoms with Crippen LogP contribution in [-0.4, -0.2) is 14.8 Å². The second-order valence-corrected chi connectivity index (χ2v) is 6.70. The molecular formula is C21H16FN3S. The third kappa shape index (κ3) is 3.53. The molecule has 3 nitrogen and oxygen atoms in total. The Morgan fingerprint density at radius 1 is 0.769 bits per heavy atom. The van der Waals surface area contributed by atoms with Gasteiger partial charge in [-0.2, -0.15) is 0 Å². The quantitative estimate of drug-likeness (QED) is 0.448. The molecule has 26 heavy (non-hydrogen) atoms. The normalized spacial score (nSPS) is 10.8. The van der Waals surface area contributed by atoms with Gasteiger partial charge in [-0.15, -0.1) is 10.2 Å². The summed E-state index contributed by atoms with van der Waals surface area (Å²) in [6, 6.07) is 26.6. The average Bonchev–Trinajstić information content (AvgIpc) is 3.13. The minimum Gasteiger partial charge on any atom is -0.270 e. The Morgan fingerprint density at radius 3 is 2.12 bits per heavy atom. The Bertz CT molecular complexity index is 983. The van der Waals surface area contributed by atoms with E-state index in [1.165, 1.54) is 12.1 Å². The van der Waals surface area contributed by atoms with Gasteiger partial charge in [-0.05, 0) is 29.8 Å². The number of benzene rings is 3. The van der Waals surface area contributed by atoms with E-state index in [0.717, 1.165) is 27.8 Å². The van der Waals surface area contributed by atoms with Gasteiger partial charge in [0.25, 0.3) is 0 Å². The summed E-state index contributed by atoms with van der Waals surface area (Å²) in [5.74, 6) is 1.27. The molecule has 0 aliphatic heterocycles. The molecule has 0 fully saturated rings. The molecule has 0 aliphatic carbocycles. The molecular weight excluding hydrogens is 345 g/mol. The van der Waals surface area contributed by atoms with E-state index in [1.807, 2.05) is 60.7 Å². The monoisotopic (exact) mass is 361 g/mol. The zero-order valence-corrected chi connectivity index (χ0v) is 14.7. The van der Waals surface area contributed by atoms with Gasteiger partial charge in [0.15, 0.2) is 11.0 Å². The minimum atomic E-state index is -0.224. The smallest absolute Gasteiger partial charge is 0.196 e. The lowest BCUT2D eigenvalue weighted by Gasteiger charge is -2.10. The topological polar surface area (TPSA) is 30.7 Å². The third-order valence-corrected chi connectivity index (χ3v) is 4.96. The van der Waals surface area contributed by atoms with Crippen molar-refractivity contribution in [2.45, 2.75) is 10.9 Å². The second-order valence-electron chi connectivity index (χ2n) is 5.76. The third-order valence-electron chi connectivity index (χ3n) is 3.96. The molecule has 5 heteroatoms. The van der Waals surface area contributed by atoms with E-state index >= 15 is 0 Å². The first-order valence-corrected chi connectivity index (χ1v) is 9.23. The van der Waals surface area contributed by atoms with Crippen LogP contribution in [-0.2, 0) is 5.75 Å². The number of thioether (sulfide) groups is 1. The molecule has 4 aromatic rings. The van der Waals surface area contributed by atoms with Gasteiger partial charge in [0.05, 0.1) is 0 Å². The predicted octanol–water partition coefficient (Wildman–Crippen LogP) is 5.37.